The Kier molecular flexibility index (Phi) is 5.17. The zero-order chi connectivity index (χ0) is 28.8. The van der Waals surface area contributed by atoms with Crippen LogP contribution >= 0.6 is 0 Å². The fraction of sp³-hybridized carbons (Fsp3) is 0.727. The summed E-state index contributed by atoms with van der Waals surface area (Å²) < 4.78 is 12.6. The van der Waals surface area contributed by atoms with Gasteiger partial charge in [-0.15, -0.1) is 0 Å². The van der Waals surface area contributed by atoms with Crippen molar-refractivity contribution in [2.45, 2.75) is 96.6 Å². The van der Waals surface area contributed by atoms with E-state index in [1.807, 2.05) is 13.8 Å². The van der Waals surface area contributed by atoms with Gasteiger partial charge in [-0.2, -0.15) is 0 Å². The number of esters is 2. The second-order valence-corrected chi connectivity index (χ2v) is 15.0. The Morgan fingerprint density at radius 2 is 1.85 bits per heavy atom. The maximum Gasteiger partial charge on any atom is 0.334 e. The molecule has 7 heteroatoms. The summed E-state index contributed by atoms with van der Waals surface area (Å²) in [6.45, 7) is 13.5. The molecule has 2 aliphatic heterocycles. The first-order valence-corrected chi connectivity index (χ1v) is 15.0. The Labute approximate surface area is 236 Å². The number of hydrogen-bond donors (Lipinski definition) is 2. The normalized spacial score (nSPS) is 55.7. The van der Waals surface area contributed by atoms with Gasteiger partial charge in [0.25, 0.3) is 0 Å². The maximum atomic E-state index is 14.6. The first-order chi connectivity index (χ1) is 18.6. The highest BCUT2D eigenvalue weighted by molar-refractivity contribution is 5.91. The van der Waals surface area contributed by atoms with E-state index in [4.69, 9.17) is 9.47 Å². The molecule has 0 aromatic rings. The molecule has 2 heterocycles. The molecule has 0 aromatic carbocycles. The smallest absolute Gasteiger partial charge is 0.334 e. The molecule has 0 radical (unpaired) electrons. The molecule has 0 aromatic heterocycles. The average Bonchev–Trinajstić information content (AvgIpc) is 3.56. The van der Waals surface area contributed by atoms with Gasteiger partial charge in [0.1, 0.15) is 18.0 Å². The van der Waals surface area contributed by atoms with Crippen LogP contribution in [-0.4, -0.2) is 51.3 Å². The van der Waals surface area contributed by atoms with Crippen molar-refractivity contribution in [1.82, 2.24) is 0 Å². The van der Waals surface area contributed by atoms with Gasteiger partial charge >= 0.3 is 11.9 Å². The van der Waals surface area contributed by atoms with Crippen LogP contribution in [0.1, 0.15) is 73.1 Å². The van der Waals surface area contributed by atoms with Crippen molar-refractivity contribution >= 4 is 17.7 Å². The standard InChI is InChI=1S/C33H42O7/c1-16-7-8-21-22(16)25-23(19(13-17(2)34)14-30(21,5)37)33(28(36)40-25)15-32-12-11-29(33,4)26(32)24-20(9-10-31(32,6)38)18(3)27(35)39-24/h7,11-12,19-26,37-38H,3,8-10,13-15H2,1-2,4-6H3/t19-,20+,21-,22+,23-,24+,25-,26+,29-,30-,31-,32+,33+/m1/s1. The molecule has 3 saturated carbocycles. The quantitative estimate of drug-likeness (QED) is 0.303. The van der Waals surface area contributed by atoms with Crippen molar-refractivity contribution in [3.63, 3.8) is 0 Å². The summed E-state index contributed by atoms with van der Waals surface area (Å²) in [6, 6.07) is 0. The average molecular weight is 551 g/mol. The molecule has 216 valence electrons. The summed E-state index contributed by atoms with van der Waals surface area (Å²) in [7, 11) is 0. The Balaban J connectivity index is 1.45. The molecule has 40 heavy (non-hydrogen) atoms. The number of ketones is 1. The third kappa shape index (κ3) is 2.87. The van der Waals surface area contributed by atoms with E-state index in [0.29, 0.717) is 37.7 Å². The van der Waals surface area contributed by atoms with Gasteiger partial charge in [0, 0.05) is 52.4 Å². The van der Waals surface area contributed by atoms with Gasteiger partial charge in [0.15, 0.2) is 0 Å². The number of hydrogen-bond acceptors (Lipinski definition) is 7. The Morgan fingerprint density at radius 1 is 1.12 bits per heavy atom. The number of Topliss-reactive ketones (excluding diaryl/α,β-unsaturated/α-hetero) is 1. The van der Waals surface area contributed by atoms with Crippen LogP contribution in [0, 0.1) is 51.8 Å². The highest BCUT2D eigenvalue weighted by Crippen LogP contribution is 2.81. The van der Waals surface area contributed by atoms with E-state index in [1.165, 1.54) is 0 Å². The summed E-state index contributed by atoms with van der Waals surface area (Å²) in [5.74, 6) is -2.03. The number of aliphatic hydroxyl groups is 2. The number of carbonyl (C=O) groups is 3. The van der Waals surface area contributed by atoms with Crippen LogP contribution < -0.4 is 0 Å². The lowest BCUT2D eigenvalue weighted by molar-refractivity contribution is -0.157. The fourth-order valence-corrected chi connectivity index (χ4v) is 11.5. The summed E-state index contributed by atoms with van der Waals surface area (Å²) in [6.07, 6.45) is 8.17. The number of carbonyl (C=O) groups excluding carboxylic acids is 3. The zero-order valence-electron chi connectivity index (χ0n) is 24.2. The molecule has 13 atom stereocenters. The van der Waals surface area contributed by atoms with Gasteiger partial charge in [-0.1, -0.05) is 37.3 Å². The topological polar surface area (TPSA) is 110 Å². The first kappa shape index (κ1) is 26.6. The van der Waals surface area contributed by atoms with Gasteiger partial charge in [0.2, 0.25) is 0 Å². The van der Waals surface area contributed by atoms with E-state index >= 15 is 0 Å². The first-order valence-electron chi connectivity index (χ1n) is 15.0. The van der Waals surface area contributed by atoms with Crippen LogP contribution in [-0.2, 0) is 23.9 Å². The molecule has 0 amide bonds. The summed E-state index contributed by atoms with van der Waals surface area (Å²) in [5, 5.41) is 24.1. The van der Waals surface area contributed by atoms with Crippen molar-refractivity contribution < 1.29 is 34.1 Å². The molecule has 5 aliphatic carbocycles. The maximum absolute atomic E-state index is 14.6. The van der Waals surface area contributed by atoms with Gasteiger partial charge in [-0.25, -0.2) is 4.79 Å². The van der Waals surface area contributed by atoms with Crippen molar-refractivity contribution in [2.75, 3.05) is 0 Å². The van der Waals surface area contributed by atoms with Gasteiger partial charge < -0.3 is 24.5 Å². The minimum absolute atomic E-state index is 0.0256. The SMILES string of the molecule is C=C1C(=O)O[C@@H]2[C@@H]3[C@@]4(C=C[C@@]3(C)[C@]3(C4)C(=O)O[C@@H]4[C@H]5C(C)=CC[C@H]5[C@](C)(O)C[C@@H](CC(C)=O)[C@H]43)[C@](C)(O)CC[C@@H]12. The highest BCUT2D eigenvalue weighted by atomic mass is 16.6. The second-order valence-electron chi connectivity index (χ2n) is 15.0. The fourth-order valence-electron chi connectivity index (χ4n) is 11.5. The van der Waals surface area contributed by atoms with E-state index in [9.17, 15) is 24.6 Å². The monoisotopic (exact) mass is 550 g/mol. The van der Waals surface area contributed by atoms with E-state index in [0.717, 1.165) is 5.57 Å². The third-order valence-corrected chi connectivity index (χ3v) is 13.2. The molecule has 1 spiro atoms. The minimum atomic E-state index is -1.15. The van der Waals surface area contributed by atoms with E-state index in [2.05, 4.69) is 38.7 Å². The highest BCUT2D eigenvalue weighted by Gasteiger charge is 2.84. The van der Waals surface area contributed by atoms with Crippen LogP contribution in [0.3, 0.4) is 0 Å². The van der Waals surface area contributed by atoms with E-state index < -0.39 is 45.6 Å². The largest absolute Gasteiger partial charge is 0.461 e. The van der Waals surface area contributed by atoms with Crippen LogP contribution in [0.4, 0.5) is 0 Å². The molecule has 2 saturated heterocycles. The van der Waals surface area contributed by atoms with Crippen LogP contribution in [0.2, 0.25) is 0 Å². The van der Waals surface area contributed by atoms with E-state index in [-0.39, 0.29) is 53.7 Å². The van der Waals surface area contributed by atoms with Gasteiger partial charge in [-0.3, -0.25) is 4.79 Å². The molecule has 0 unspecified atom stereocenters. The number of rotatable bonds is 2. The number of allylic oxidation sites excluding steroid dienone is 2. The lowest BCUT2D eigenvalue weighted by Gasteiger charge is -2.47. The summed E-state index contributed by atoms with van der Waals surface area (Å²) in [5.41, 5.74) is -3.24. The number of fused-ring (bicyclic) bond motifs is 6. The van der Waals surface area contributed by atoms with Crippen molar-refractivity contribution in [1.29, 1.82) is 0 Å². The van der Waals surface area contributed by atoms with E-state index in [1.54, 1.807) is 6.92 Å². The molecule has 7 aliphatic rings. The van der Waals surface area contributed by atoms with Crippen LogP contribution in [0.15, 0.2) is 36.0 Å². The molecule has 7 rings (SSSR count). The molecule has 5 fully saturated rings. The van der Waals surface area contributed by atoms with Gasteiger partial charge in [-0.05, 0) is 65.7 Å². The van der Waals surface area contributed by atoms with Gasteiger partial charge in [0.05, 0.1) is 16.6 Å². The Morgan fingerprint density at radius 3 is 2.55 bits per heavy atom. The van der Waals surface area contributed by atoms with Crippen molar-refractivity contribution in [3.8, 4) is 0 Å². The van der Waals surface area contributed by atoms with Crippen molar-refractivity contribution in [2.24, 2.45) is 51.8 Å². The van der Waals surface area contributed by atoms with Crippen LogP contribution in [0.5, 0.6) is 0 Å². The molecular weight excluding hydrogens is 508 g/mol. The molecule has 7 nitrogen and oxygen atoms in total. The number of ether oxygens (including phenoxy) is 2. The molecular formula is C33H42O7. The zero-order valence-corrected chi connectivity index (χ0v) is 24.2. The Hall–Kier alpha value is -2.25. The summed E-state index contributed by atoms with van der Waals surface area (Å²) >= 11 is 0. The minimum Gasteiger partial charge on any atom is -0.461 e. The van der Waals surface area contributed by atoms with Crippen LogP contribution in [0.25, 0.3) is 0 Å². The Bertz CT molecular complexity index is 1310. The predicted molar refractivity (Wildman–Crippen MR) is 145 cm³/mol. The summed E-state index contributed by atoms with van der Waals surface area (Å²) in [4.78, 5) is 40.2. The van der Waals surface area contributed by atoms with Crippen molar-refractivity contribution in [3.05, 3.63) is 36.0 Å². The third-order valence-electron chi connectivity index (χ3n) is 13.2. The molecule has 2 bridgehead atoms. The predicted octanol–water partition coefficient (Wildman–Crippen LogP) is 4.07. The molecule has 2 N–H and O–H groups in total. The second kappa shape index (κ2) is 7.77. The lowest BCUT2D eigenvalue weighted by atomic mass is 9.52. The lowest BCUT2D eigenvalue weighted by Crippen LogP contribution is -2.51.